The average Bonchev–Trinajstić information content (AvgIpc) is 2.98. The first kappa shape index (κ1) is 19.7. The lowest BCUT2D eigenvalue weighted by molar-refractivity contribution is 0.0998. The summed E-state index contributed by atoms with van der Waals surface area (Å²) in [4.78, 5) is 12.5. The maximum absolute atomic E-state index is 12.7. The Hall–Kier alpha value is -3.04. The molecule has 0 spiro atoms. The Bertz CT molecular complexity index is 1150. The van der Waals surface area contributed by atoms with Crippen LogP contribution in [0.4, 0.5) is 5.69 Å². The van der Waals surface area contributed by atoms with Gasteiger partial charge in [0.15, 0.2) is 5.76 Å². The number of nitrogens with two attached hydrogens (primary N) is 1. The molecular formula is C19H20N2O6S. The van der Waals surface area contributed by atoms with Gasteiger partial charge in [-0.05, 0) is 50.2 Å². The lowest BCUT2D eigenvalue weighted by Gasteiger charge is -2.10. The fraction of sp³-hybridized carbons (Fsp3) is 0.211. The minimum absolute atomic E-state index is 0.0869. The zero-order valence-corrected chi connectivity index (χ0v) is 16.4. The number of methoxy groups -OCH3 is 1. The van der Waals surface area contributed by atoms with Crippen molar-refractivity contribution >= 4 is 32.6 Å². The summed E-state index contributed by atoms with van der Waals surface area (Å²) < 4.78 is 39.6. The Labute approximate surface area is 162 Å². The predicted octanol–water partition coefficient (Wildman–Crippen LogP) is 3.05. The monoisotopic (exact) mass is 404 g/mol. The predicted molar refractivity (Wildman–Crippen MR) is 104 cm³/mol. The molecule has 28 heavy (non-hydrogen) atoms. The van der Waals surface area contributed by atoms with Crippen LogP contribution < -0.4 is 19.9 Å². The third kappa shape index (κ3) is 3.80. The fourth-order valence-electron chi connectivity index (χ4n) is 2.84. The van der Waals surface area contributed by atoms with Gasteiger partial charge in [0, 0.05) is 16.6 Å². The summed E-state index contributed by atoms with van der Waals surface area (Å²) in [5, 5.41) is 8.59. The second-order valence-electron chi connectivity index (χ2n) is 6.01. The quantitative estimate of drug-likeness (QED) is 0.651. The standard InChI is InChI=1S/C19H20N2O6S/c1-4-26-13-6-8-15-14(10-13)11(2)18(27-15)19(22)21-12-5-7-16(25-3)17(9-12)28(20,23)24/h5-10H,4H2,1-3H3,(H,21,22)(H2,20,23,24). The van der Waals surface area contributed by atoms with E-state index in [4.69, 9.17) is 19.0 Å². The molecule has 148 valence electrons. The molecule has 1 heterocycles. The van der Waals surface area contributed by atoms with Gasteiger partial charge in [-0.2, -0.15) is 0 Å². The van der Waals surface area contributed by atoms with Crippen molar-refractivity contribution in [1.82, 2.24) is 0 Å². The van der Waals surface area contributed by atoms with E-state index in [-0.39, 0.29) is 22.1 Å². The molecule has 0 bridgehead atoms. The van der Waals surface area contributed by atoms with Crippen LogP contribution in [0, 0.1) is 6.92 Å². The number of hydrogen-bond acceptors (Lipinski definition) is 6. The van der Waals surface area contributed by atoms with Crippen LogP contribution in [0.25, 0.3) is 11.0 Å². The van der Waals surface area contributed by atoms with Crippen molar-refractivity contribution in [3.05, 3.63) is 47.7 Å². The average molecular weight is 404 g/mol. The molecule has 0 fully saturated rings. The Morgan fingerprint density at radius 3 is 2.61 bits per heavy atom. The van der Waals surface area contributed by atoms with E-state index in [1.165, 1.54) is 25.3 Å². The van der Waals surface area contributed by atoms with Gasteiger partial charge in [-0.25, -0.2) is 13.6 Å². The first-order valence-corrected chi connectivity index (χ1v) is 9.97. The first-order valence-electron chi connectivity index (χ1n) is 8.42. The van der Waals surface area contributed by atoms with E-state index in [2.05, 4.69) is 5.32 Å². The summed E-state index contributed by atoms with van der Waals surface area (Å²) >= 11 is 0. The molecule has 0 unspecified atom stereocenters. The van der Waals surface area contributed by atoms with Crippen LogP contribution in [0.5, 0.6) is 11.5 Å². The number of anilines is 1. The highest BCUT2D eigenvalue weighted by Gasteiger charge is 2.20. The molecule has 3 rings (SSSR count). The summed E-state index contributed by atoms with van der Waals surface area (Å²) in [5.41, 5.74) is 1.44. The number of amides is 1. The van der Waals surface area contributed by atoms with Crippen LogP contribution in [0.2, 0.25) is 0 Å². The second kappa shape index (κ2) is 7.53. The third-order valence-electron chi connectivity index (χ3n) is 4.15. The van der Waals surface area contributed by atoms with Gasteiger partial charge in [0.1, 0.15) is 22.0 Å². The molecule has 1 aromatic heterocycles. The van der Waals surface area contributed by atoms with Gasteiger partial charge >= 0.3 is 0 Å². The molecule has 8 nitrogen and oxygen atoms in total. The van der Waals surface area contributed by atoms with Crippen LogP contribution >= 0.6 is 0 Å². The highest BCUT2D eigenvalue weighted by atomic mass is 32.2. The molecular weight excluding hydrogens is 384 g/mol. The number of aryl methyl sites for hydroxylation is 1. The summed E-state index contributed by atoms with van der Waals surface area (Å²) in [6.07, 6.45) is 0. The van der Waals surface area contributed by atoms with E-state index in [0.717, 1.165) is 5.39 Å². The molecule has 3 aromatic rings. The highest BCUT2D eigenvalue weighted by molar-refractivity contribution is 7.89. The van der Waals surface area contributed by atoms with E-state index >= 15 is 0 Å². The van der Waals surface area contributed by atoms with E-state index in [1.807, 2.05) is 6.92 Å². The van der Waals surface area contributed by atoms with E-state index in [9.17, 15) is 13.2 Å². The minimum atomic E-state index is -4.02. The number of rotatable bonds is 6. The Kier molecular flexibility index (Phi) is 5.30. The highest BCUT2D eigenvalue weighted by Crippen LogP contribution is 2.30. The molecule has 0 aliphatic carbocycles. The van der Waals surface area contributed by atoms with Crippen molar-refractivity contribution in [3.8, 4) is 11.5 Å². The summed E-state index contributed by atoms with van der Waals surface area (Å²) in [5.74, 6) is 0.372. The molecule has 0 saturated heterocycles. The number of primary sulfonamides is 1. The minimum Gasteiger partial charge on any atom is -0.495 e. The van der Waals surface area contributed by atoms with Gasteiger partial charge < -0.3 is 19.2 Å². The number of nitrogens with one attached hydrogen (secondary N) is 1. The van der Waals surface area contributed by atoms with Crippen molar-refractivity contribution in [2.24, 2.45) is 5.14 Å². The van der Waals surface area contributed by atoms with Gasteiger partial charge in [0.2, 0.25) is 10.0 Å². The molecule has 0 saturated carbocycles. The maximum atomic E-state index is 12.7. The fourth-order valence-corrected chi connectivity index (χ4v) is 3.56. The number of hydrogen-bond donors (Lipinski definition) is 2. The van der Waals surface area contributed by atoms with E-state index in [0.29, 0.717) is 23.5 Å². The molecule has 0 aliphatic heterocycles. The normalized spacial score (nSPS) is 11.4. The molecule has 3 N–H and O–H groups in total. The smallest absolute Gasteiger partial charge is 0.291 e. The van der Waals surface area contributed by atoms with Crippen molar-refractivity contribution in [2.75, 3.05) is 19.0 Å². The second-order valence-corrected chi connectivity index (χ2v) is 7.54. The van der Waals surface area contributed by atoms with Gasteiger partial charge in [0.05, 0.1) is 13.7 Å². The van der Waals surface area contributed by atoms with Crippen molar-refractivity contribution in [2.45, 2.75) is 18.7 Å². The van der Waals surface area contributed by atoms with Crippen LogP contribution in [-0.4, -0.2) is 28.0 Å². The molecule has 9 heteroatoms. The number of fused-ring (bicyclic) bond motifs is 1. The lowest BCUT2D eigenvalue weighted by atomic mass is 10.1. The van der Waals surface area contributed by atoms with Gasteiger partial charge in [-0.3, -0.25) is 4.79 Å². The number of ether oxygens (including phenoxy) is 2. The molecule has 2 aromatic carbocycles. The van der Waals surface area contributed by atoms with Crippen LogP contribution in [0.15, 0.2) is 45.7 Å². The largest absolute Gasteiger partial charge is 0.495 e. The molecule has 0 radical (unpaired) electrons. The number of benzene rings is 2. The Morgan fingerprint density at radius 2 is 1.96 bits per heavy atom. The Balaban J connectivity index is 1.94. The number of sulfonamides is 1. The zero-order chi connectivity index (χ0) is 20.5. The van der Waals surface area contributed by atoms with Crippen molar-refractivity contribution in [3.63, 3.8) is 0 Å². The first-order chi connectivity index (χ1) is 13.2. The van der Waals surface area contributed by atoms with Crippen molar-refractivity contribution in [1.29, 1.82) is 0 Å². The summed E-state index contributed by atoms with van der Waals surface area (Å²) in [6.45, 7) is 4.18. The van der Waals surface area contributed by atoms with E-state index < -0.39 is 15.9 Å². The number of carbonyl (C=O) groups excluding carboxylic acids is 1. The maximum Gasteiger partial charge on any atom is 0.291 e. The van der Waals surface area contributed by atoms with Gasteiger partial charge in [-0.1, -0.05) is 0 Å². The van der Waals surface area contributed by atoms with Crippen molar-refractivity contribution < 1.29 is 27.1 Å². The number of furan rings is 1. The summed E-state index contributed by atoms with van der Waals surface area (Å²) in [7, 11) is -2.69. The zero-order valence-electron chi connectivity index (χ0n) is 15.6. The van der Waals surface area contributed by atoms with Gasteiger partial charge in [0.25, 0.3) is 5.91 Å². The van der Waals surface area contributed by atoms with Crippen LogP contribution in [0.1, 0.15) is 23.0 Å². The molecule has 0 atom stereocenters. The molecule has 0 aliphatic rings. The number of carbonyl (C=O) groups is 1. The lowest BCUT2D eigenvalue weighted by Crippen LogP contribution is -2.16. The van der Waals surface area contributed by atoms with E-state index in [1.54, 1.807) is 25.1 Å². The Morgan fingerprint density at radius 1 is 1.21 bits per heavy atom. The van der Waals surface area contributed by atoms with Gasteiger partial charge in [-0.15, -0.1) is 0 Å². The summed E-state index contributed by atoms with van der Waals surface area (Å²) in [6, 6.07) is 9.46. The van der Waals surface area contributed by atoms with Crippen LogP contribution in [-0.2, 0) is 10.0 Å². The SMILES string of the molecule is CCOc1ccc2oc(C(=O)Nc3ccc(OC)c(S(N)(=O)=O)c3)c(C)c2c1. The third-order valence-corrected chi connectivity index (χ3v) is 5.08. The van der Waals surface area contributed by atoms with Crippen LogP contribution in [0.3, 0.4) is 0 Å². The topological polar surface area (TPSA) is 121 Å². The molecule has 1 amide bonds.